The van der Waals surface area contributed by atoms with E-state index in [1.54, 1.807) is 29.3 Å². The normalized spacial score (nSPS) is 13.9. The number of fused-ring (bicyclic) bond motifs is 1. The lowest BCUT2D eigenvalue weighted by Gasteiger charge is -2.19. The van der Waals surface area contributed by atoms with Gasteiger partial charge in [-0.2, -0.15) is 5.10 Å². The highest BCUT2D eigenvalue weighted by Gasteiger charge is 2.24. The third-order valence-corrected chi connectivity index (χ3v) is 5.89. The van der Waals surface area contributed by atoms with E-state index in [-0.39, 0.29) is 17.9 Å². The van der Waals surface area contributed by atoms with E-state index in [2.05, 4.69) is 10.4 Å². The molecule has 1 aliphatic heterocycles. The van der Waals surface area contributed by atoms with E-state index >= 15 is 0 Å². The molecule has 1 saturated heterocycles. The number of carbonyl (C=O) groups excluding carboxylic acids is 2. The van der Waals surface area contributed by atoms with Crippen LogP contribution in [-0.4, -0.2) is 33.1 Å². The van der Waals surface area contributed by atoms with Crippen molar-refractivity contribution in [2.24, 2.45) is 0 Å². The van der Waals surface area contributed by atoms with Crippen molar-refractivity contribution in [3.63, 3.8) is 0 Å². The number of hydrogen-bond acceptors (Lipinski definition) is 5. The van der Waals surface area contributed by atoms with E-state index in [9.17, 15) is 9.59 Å². The van der Waals surface area contributed by atoms with Crippen LogP contribution in [0.3, 0.4) is 0 Å². The molecule has 3 aromatic heterocycles. The van der Waals surface area contributed by atoms with Gasteiger partial charge in [-0.25, -0.2) is 9.67 Å². The van der Waals surface area contributed by atoms with Gasteiger partial charge in [0.2, 0.25) is 5.91 Å². The maximum absolute atomic E-state index is 13.4. The molecule has 4 aromatic rings. The quantitative estimate of drug-likeness (QED) is 0.471. The van der Waals surface area contributed by atoms with Crippen LogP contribution >= 0.6 is 0 Å². The Hall–Kier alpha value is -3.94. The molecule has 0 aliphatic carbocycles. The fourth-order valence-electron chi connectivity index (χ4n) is 4.27. The molecule has 1 aliphatic rings. The Morgan fingerprint density at radius 3 is 2.73 bits per heavy atom. The van der Waals surface area contributed by atoms with Crippen LogP contribution in [0.1, 0.15) is 48.7 Å². The minimum atomic E-state index is -0.261. The van der Waals surface area contributed by atoms with E-state index < -0.39 is 0 Å². The van der Waals surface area contributed by atoms with E-state index in [0.29, 0.717) is 40.2 Å². The molecule has 1 fully saturated rings. The number of aromatic nitrogens is 3. The van der Waals surface area contributed by atoms with Gasteiger partial charge in [0, 0.05) is 30.4 Å². The first-order chi connectivity index (χ1) is 15.9. The SMILES string of the molecule is Cc1cc(NC(=O)c2cc(-c3ccco3)nc3c2cnn3C(C)C)ccc1N1CCCC1=O. The average Bonchev–Trinajstić information content (AvgIpc) is 3.54. The summed E-state index contributed by atoms with van der Waals surface area (Å²) in [4.78, 5) is 32.0. The Bertz CT molecular complexity index is 1350. The van der Waals surface area contributed by atoms with E-state index in [0.717, 1.165) is 24.2 Å². The van der Waals surface area contributed by atoms with Gasteiger partial charge < -0.3 is 14.6 Å². The second kappa shape index (κ2) is 8.20. The van der Waals surface area contributed by atoms with Crippen molar-refractivity contribution >= 4 is 34.2 Å². The predicted molar refractivity (Wildman–Crippen MR) is 126 cm³/mol. The summed E-state index contributed by atoms with van der Waals surface area (Å²) in [5.41, 5.74) is 4.15. The summed E-state index contributed by atoms with van der Waals surface area (Å²) in [6, 6.07) is 11.0. The van der Waals surface area contributed by atoms with Crippen LogP contribution in [0.25, 0.3) is 22.5 Å². The van der Waals surface area contributed by atoms with E-state index in [4.69, 9.17) is 9.40 Å². The lowest BCUT2D eigenvalue weighted by atomic mass is 10.1. The monoisotopic (exact) mass is 443 g/mol. The number of carbonyl (C=O) groups is 2. The first-order valence-corrected chi connectivity index (χ1v) is 11.1. The standard InChI is InChI=1S/C25H25N5O3/c1-15(2)30-24-19(14-26-30)18(13-20(28-24)22-6-5-11-33-22)25(32)27-17-8-9-21(16(3)12-17)29-10-4-7-23(29)31/h5-6,8-9,11-15H,4,7,10H2,1-3H3,(H,27,32). The molecule has 0 spiro atoms. The average molecular weight is 444 g/mol. The summed E-state index contributed by atoms with van der Waals surface area (Å²) < 4.78 is 7.32. The molecule has 0 atom stereocenters. The number of furan rings is 1. The van der Waals surface area contributed by atoms with Gasteiger partial charge in [0.25, 0.3) is 5.91 Å². The van der Waals surface area contributed by atoms with Crippen LogP contribution < -0.4 is 10.2 Å². The first kappa shape index (κ1) is 20.9. The van der Waals surface area contributed by atoms with Crippen LogP contribution in [0.4, 0.5) is 11.4 Å². The molecule has 0 saturated carbocycles. The van der Waals surface area contributed by atoms with Gasteiger partial charge in [0.15, 0.2) is 11.4 Å². The number of aryl methyl sites for hydroxylation is 1. The molecule has 8 heteroatoms. The summed E-state index contributed by atoms with van der Waals surface area (Å²) in [6.07, 6.45) is 4.71. The molecule has 0 radical (unpaired) electrons. The Morgan fingerprint density at radius 2 is 2.06 bits per heavy atom. The maximum Gasteiger partial charge on any atom is 0.256 e. The highest BCUT2D eigenvalue weighted by atomic mass is 16.3. The van der Waals surface area contributed by atoms with Crippen molar-refractivity contribution in [1.82, 2.24) is 14.8 Å². The van der Waals surface area contributed by atoms with Crippen molar-refractivity contribution in [1.29, 1.82) is 0 Å². The molecule has 8 nitrogen and oxygen atoms in total. The first-order valence-electron chi connectivity index (χ1n) is 11.1. The van der Waals surface area contributed by atoms with Crippen LogP contribution in [0.5, 0.6) is 0 Å². The van der Waals surface area contributed by atoms with Crippen LogP contribution in [0, 0.1) is 6.92 Å². The molecular weight excluding hydrogens is 418 g/mol. The fourth-order valence-corrected chi connectivity index (χ4v) is 4.27. The van der Waals surface area contributed by atoms with Crippen LogP contribution in [0.15, 0.2) is 53.3 Å². The number of amides is 2. The van der Waals surface area contributed by atoms with Crippen molar-refractivity contribution in [2.75, 3.05) is 16.8 Å². The van der Waals surface area contributed by atoms with E-state index in [1.807, 2.05) is 49.9 Å². The zero-order valence-electron chi connectivity index (χ0n) is 18.8. The predicted octanol–water partition coefficient (Wildman–Crippen LogP) is 4.96. The van der Waals surface area contributed by atoms with Gasteiger partial charge in [-0.3, -0.25) is 9.59 Å². The Balaban J connectivity index is 1.50. The molecule has 2 amide bonds. The third kappa shape index (κ3) is 3.77. The fraction of sp³-hybridized carbons (Fsp3) is 0.280. The van der Waals surface area contributed by atoms with Gasteiger partial charge in [-0.05, 0) is 69.2 Å². The van der Waals surface area contributed by atoms with Crippen LogP contribution in [-0.2, 0) is 4.79 Å². The molecule has 0 unspecified atom stereocenters. The van der Waals surface area contributed by atoms with Gasteiger partial charge in [-0.15, -0.1) is 0 Å². The molecular formula is C25H25N5O3. The smallest absolute Gasteiger partial charge is 0.256 e. The summed E-state index contributed by atoms with van der Waals surface area (Å²) in [5, 5.41) is 8.12. The number of rotatable bonds is 5. The summed E-state index contributed by atoms with van der Waals surface area (Å²) in [7, 11) is 0. The summed E-state index contributed by atoms with van der Waals surface area (Å²) >= 11 is 0. The number of nitrogens with zero attached hydrogens (tertiary/aromatic N) is 4. The highest BCUT2D eigenvalue weighted by molar-refractivity contribution is 6.12. The van der Waals surface area contributed by atoms with Crippen molar-refractivity contribution in [3.8, 4) is 11.5 Å². The molecule has 5 rings (SSSR count). The minimum Gasteiger partial charge on any atom is -0.463 e. The molecule has 33 heavy (non-hydrogen) atoms. The number of hydrogen-bond donors (Lipinski definition) is 1. The van der Waals surface area contributed by atoms with Crippen LogP contribution in [0.2, 0.25) is 0 Å². The maximum atomic E-state index is 13.4. The van der Waals surface area contributed by atoms with Gasteiger partial charge in [0.1, 0.15) is 5.69 Å². The minimum absolute atomic E-state index is 0.0845. The molecule has 1 N–H and O–H groups in total. The molecule has 0 bridgehead atoms. The zero-order valence-corrected chi connectivity index (χ0v) is 18.8. The lowest BCUT2D eigenvalue weighted by Crippen LogP contribution is -2.24. The molecule has 1 aromatic carbocycles. The van der Waals surface area contributed by atoms with Gasteiger partial charge in [-0.1, -0.05) is 0 Å². The van der Waals surface area contributed by atoms with Crippen molar-refractivity contribution < 1.29 is 14.0 Å². The van der Waals surface area contributed by atoms with Crippen molar-refractivity contribution in [3.05, 3.63) is 60.0 Å². The van der Waals surface area contributed by atoms with Gasteiger partial charge >= 0.3 is 0 Å². The second-order valence-electron chi connectivity index (χ2n) is 8.56. The van der Waals surface area contributed by atoms with E-state index in [1.165, 1.54) is 0 Å². The Morgan fingerprint density at radius 1 is 1.21 bits per heavy atom. The molecule has 4 heterocycles. The lowest BCUT2D eigenvalue weighted by molar-refractivity contribution is -0.117. The summed E-state index contributed by atoms with van der Waals surface area (Å²) in [6.45, 7) is 6.71. The number of anilines is 2. The number of benzene rings is 1. The zero-order chi connectivity index (χ0) is 23.1. The third-order valence-electron chi connectivity index (χ3n) is 5.89. The molecule has 168 valence electrons. The largest absolute Gasteiger partial charge is 0.463 e. The highest BCUT2D eigenvalue weighted by Crippen LogP contribution is 2.30. The Kier molecular flexibility index (Phi) is 5.20. The second-order valence-corrected chi connectivity index (χ2v) is 8.56. The number of pyridine rings is 1. The topological polar surface area (TPSA) is 93.3 Å². The number of nitrogens with one attached hydrogen (secondary N) is 1. The van der Waals surface area contributed by atoms with Gasteiger partial charge in [0.05, 0.1) is 23.4 Å². The Labute approximate surface area is 191 Å². The summed E-state index contributed by atoms with van der Waals surface area (Å²) in [5.74, 6) is 0.461. The van der Waals surface area contributed by atoms with Crippen molar-refractivity contribution in [2.45, 2.75) is 39.7 Å².